The third kappa shape index (κ3) is 7.05. The predicted molar refractivity (Wildman–Crippen MR) is 171 cm³/mol. The third-order valence-electron chi connectivity index (χ3n) is 6.41. The van der Waals surface area contributed by atoms with Crippen LogP contribution in [0.1, 0.15) is 27.0 Å². The number of ether oxygens (including phenoxy) is 3. The molecule has 0 radical (unpaired) electrons. The van der Waals surface area contributed by atoms with Crippen LogP contribution in [0.15, 0.2) is 107 Å². The van der Waals surface area contributed by atoms with Gasteiger partial charge in [0.15, 0.2) is 11.5 Å². The quantitative estimate of drug-likeness (QED) is 0.120. The highest BCUT2D eigenvalue weighted by molar-refractivity contribution is 9.10. The molecule has 0 saturated carbocycles. The van der Waals surface area contributed by atoms with Crippen molar-refractivity contribution in [2.75, 3.05) is 7.11 Å². The van der Waals surface area contributed by atoms with Crippen LogP contribution in [0, 0.1) is 0 Å². The number of carbonyl (C=O) groups is 1. The SMILES string of the molecule is COc1cc(/C=N/NC(=O)c2ccccc2OCc2ccc(Cl)cc2Cl)cc(Br)c1OCc1cccc2ccccc12. The van der Waals surface area contributed by atoms with Crippen molar-refractivity contribution in [2.45, 2.75) is 13.2 Å². The van der Waals surface area contributed by atoms with Crippen molar-refractivity contribution in [1.29, 1.82) is 0 Å². The van der Waals surface area contributed by atoms with Gasteiger partial charge in [-0.05, 0) is 74.2 Å². The summed E-state index contributed by atoms with van der Waals surface area (Å²) in [5.41, 5.74) is 5.40. The number of halogens is 3. The number of fused-ring (bicyclic) bond motifs is 1. The number of methoxy groups -OCH3 is 1. The zero-order valence-electron chi connectivity index (χ0n) is 22.4. The molecule has 6 nitrogen and oxygen atoms in total. The second kappa shape index (κ2) is 13.7. The average Bonchev–Trinajstić information content (AvgIpc) is 3.00. The lowest BCUT2D eigenvalue weighted by molar-refractivity contribution is 0.0950. The first-order chi connectivity index (χ1) is 20.4. The van der Waals surface area contributed by atoms with Gasteiger partial charge in [-0.25, -0.2) is 5.43 Å². The first-order valence-corrected chi connectivity index (χ1v) is 14.4. The van der Waals surface area contributed by atoms with E-state index in [1.165, 1.54) is 6.21 Å². The number of nitrogens with zero attached hydrogens (tertiary/aromatic N) is 1. The summed E-state index contributed by atoms with van der Waals surface area (Å²) in [6, 6.07) is 30.0. The van der Waals surface area contributed by atoms with Gasteiger partial charge in [0.25, 0.3) is 5.91 Å². The van der Waals surface area contributed by atoms with Gasteiger partial charge in [-0.2, -0.15) is 5.10 Å². The van der Waals surface area contributed by atoms with E-state index in [4.69, 9.17) is 37.4 Å². The zero-order valence-corrected chi connectivity index (χ0v) is 25.5. The normalized spacial score (nSPS) is 11.0. The second-order valence-corrected chi connectivity index (χ2v) is 10.9. The Labute approximate surface area is 262 Å². The first-order valence-electron chi connectivity index (χ1n) is 12.9. The number of hydrogen-bond acceptors (Lipinski definition) is 5. The Balaban J connectivity index is 1.25. The van der Waals surface area contributed by atoms with Gasteiger partial charge in [-0.15, -0.1) is 0 Å². The standard InChI is InChI=1S/C33H25BrCl2N2O4/c1-40-31-16-21(15-28(34)32(31)42-19-23-9-6-8-22-7-2-3-10-26(22)23)18-37-38-33(39)27-11-4-5-12-30(27)41-20-24-13-14-25(35)17-29(24)36/h2-18H,19-20H2,1H3,(H,38,39)/b37-18+. The summed E-state index contributed by atoms with van der Waals surface area (Å²) in [5, 5.41) is 7.45. The molecule has 5 rings (SSSR count). The summed E-state index contributed by atoms with van der Waals surface area (Å²) in [5.74, 6) is 1.06. The van der Waals surface area contributed by atoms with Crippen molar-refractivity contribution >= 4 is 62.0 Å². The summed E-state index contributed by atoms with van der Waals surface area (Å²) in [7, 11) is 1.57. The largest absolute Gasteiger partial charge is 0.493 e. The van der Waals surface area contributed by atoms with E-state index in [1.54, 1.807) is 55.6 Å². The molecule has 0 aliphatic rings. The van der Waals surface area contributed by atoms with E-state index in [0.717, 1.165) is 21.9 Å². The van der Waals surface area contributed by atoms with Gasteiger partial charge in [0, 0.05) is 15.6 Å². The molecule has 0 spiro atoms. The van der Waals surface area contributed by atoms with E-state index in [1.807, 2.05) is 30.3 Å². The monoisotopic (exact) mass is 662 g/mol. The van der Waals surface area contributed by atoms with E-state index in [-0.39, 0.29) is 6.61 Å². The lowest BCUT2D eigenvalue weighted by atomic mass is 10.1. The summed E-state index contributed by atoms with van der Waals surface area (Å²) >= 11 is 15.8. The Morgan fingerprint density at radius 1 is 0.857 bits per heavy atom. The number of nitrogens with one attached hydrogen (secondary N) is 1. The fourth-order valence-electron chi connectivity index (χ4n) is 4.32. The molecule has 1 N–H and O–H groups in total. The number of amides is 1. The minimum absolute atomic E-state index is 0.173. The smallest absolute Gasteiger partial charge is 0.275 e. The van der Waals surface area contributed by atoms with Crippen LogP contribution in [0.4, 0.5) is 0 Å². The Bertz CT molecular complexity index is 1770. The van der Waals surface area contributed by atoms with Gasteiger partial charge in [0.2, 0.25) is 0 Å². The van der Waals surface area contributed by atoms with Crippen LogP contribution in [0.3, 0.4) is 0 Å². The fraction of sp³-hybridized carbons (Fsp3) is 0.0909. The third-order valence-corrected chi connectivity index (χ3v) is 7.59. The van der Waals surface area contributed by atoms with E-state index >= 15 is 0 Å². The number of hydrazone groups is 1. The molecule has 9 heteroatoms. The van der Waals surface area contributed by atoms with Gasteiger partial charge in [0.05, 0.1) is 23.4 Å². The minimum Gasteiger partial charge on any atom is -0.493 e. The highest BCUT2D eigenvalue weighted by Gasteiger charge is 2.14. The molecule has 5 aromatic rings. The lowest BCUT2D eigenvalue weighted by Gasteiger charge is -2.14. The number of para-hydroxylation sites is 1. The first kappa shape index (κ1) is 29.5. The summed E-state index contributed by atoms with van der Waals surface area (Å²) < 4.78 is 18.4. The zero-order chi connectivity index (χ0) is 29.5. The predicted octanol–water partition coefficient (Wildman–Crippen LogP) is 8.84. The molecule has 42 heavy (non-hydrogen) atoms. The van der Waals surface area contributed by atoms with E-state index < -0.39 is 5.91 Å². The molecule has 0 saturated heterocycles. The van der Waals surface area contributed by atoms with Crippen LogP contribution in [-0.2, 0) is 13.2 Å². The second-order valence-electron chi connectivity index (χ2n) is 9.18. The Kier molecular flexibility index (Phi) is 9.64. The van der Waals surface area contributed by atoms with Gasteiger partial charge in [0.1, 0.15) is 19.0 Å². The fourth-order valence-corrected chi connectivity index (χ4v) is 5.36. The molecule has 0 unspecified atom stereocenters. The summed E-state index contributed by atoms with van der Waals surface area (Å²) in [6.45, 7) is 0.539. The molecule has 0 bridgehead atoms. The molecule has 0 aromatic heterocycles. The molecule has 0 fully saturated rings. The van der Waals surface area contributed by atoms with Crippen LogP contribution in [0.2, 0.25) is 10.0 Å². The molecule has 1 amide bonds. The number of hydrogen-bond donors (Lipinski definition) is 1. The summed E-state index contributed by atoms with van der Waals surface area (Å²) in [6.07, 6.45) is 1.52. The van der Waals surface area contributed by atoms with Crippen molar-refractivity contribution in [1.82, 2.24) is 5.43 Å². The van der Waals surface area contributed by atoms with Crippen LogP contribution >= 0.6 is 39.1 Å². The van der Waals surface area contributed by atoms with Gasteiger partial charge < -0.3 is 14.2 Å². The maximum Gasteiger partial charge on any atom is 0.275 e. The van der Waals surface area contributed by atoms with E-state index in [9.17, 15) is 4.79 Å². The maximum atomic E-state index is 12.9. The van der Waals surface area contributed by atoms with Crippen LogP contribution in [0.5, 0.6) is 17.2 Å². The molecule has 0 aliphatic carbocycles. The van der Waals surface area contributed by atoms with Crippen molar-refractivity contribution in [3.8, 4) is 17.2 Å². The molecular weight excluding hydrogens is 639 g/mol. The van der Waals surface area contributed by atoms with Gasteiger partial charge in [-0.3, -0.25) is 4.79 Å². The Morgan fingerprint density at radius 3 is 2.45 bits per heavy atom. The van der Waals surface area contributed by atoms with Crippen molar-refractivity contribution < 1.29 is 19.0 Å². The molecule has 212 valence electrons. The van der Waals surface area contributed by atoms with E-state index in [2.05, 4.69) is 44.7 Å². The van der Waals surface area contributed by atoms with Gasteiger partial charge >= 0.3 is 0 Å². The molecule has 0 aliphatic heterocycles. The Hall–Kier alpha value is -4.04. The maximum absolute atomic E-state index is 12.9. The lowest BCUT2D eigenvalue weighted by Crippen LogP contribution is -2.18. The van der Waals surface area contributed by atoms with Crippen molar-refractivity contribution in [3.05, 3.63) is 134 Å². The van der Waals surface area contributed by atoms with Crippen LogP contribution < -0.4 is 19.6 Å². The topological polar surface area (TPSA) is 69.2 Å². The number of carbonyl (C=O) groups excluding carboxylic acids is 1. The van der Waals surface area contributed by atoms with Crippen LogP contribution in [0.25, 0.3) is 10.8 Å². The van der Waals surface area contributed by atoms with E-state index in [0.29, 0.717) is 49.5 Å². The molecule has 0 atom stereocenters. The number of benzene rings is 5. The average molecular weight is 664 g/mol. The molecule has 0 heterocycles. The molecule has 5 aromatic carbocycles. The highest BCUT2D eigenvalue weighted by atomic mass is 79.9. The van der Waals surface area contributed by atoms with Crippen molar-refractivity contribution in [2.24, 2.45) is 5.10 Å². The minimum atomic E-state index is -0.426. The molecular formula is C33H25BrCl2N2O4. The summed E-state index contributed by atoms with van der Waals surface area (Å²) in [4.78, 5) is 12.9. The Morgan fingerprint density at radius 2 is 1.62 bits per heavy atom. The van der Waals surface area contributed by atoms with Gasteiger partial charge in [-0.1, -0.05) is 83.9 Å². The number of rotatable bonds is 10. The highest BCUT2D eigenvalue weighted by Crippen LogP contribution is 2.37. The van der Waals surface area contributed by atoms with Crippen LogP contribution in [-0.4, -0.2) is 19.2 Å². The van der Waals surface area contributed by atoms with Crippen molar-refractivity contribution in [3.63, 3.8) is 0 Å².